The molecule has 2 saturated carbocycles. The summed E-state index contributed by atoms with van der Waals surface area (Å²) in [5.74, 6) is -3.18. The second-order valence-electron chi connectivity index (χ2n) is 12.3. The van der Waals surface area contributed by atoms with E-state index in [4.69, 9.17) is 23.2 Å². The Kier molecular flexibility index (Phi) is 12.0. The summed E-state index contributed by atoms with van der Waals surface area (Å²) in [7, 11) is 0. The highest BCUT2D eigenvalue weighted by molar-refractivity contribution is 6.32. The molecule has 14 heteroatoms. The Morgan fingerprint density at radius 1 is 0.623 bits per heavy atom. The Hall–Kier alpha value is -5.46. The molecule has 2 aliphatic rings. The third-order valence-corrected chi connectivity index (χ3v) is 8.82. The first-order chi connectivity index (χ1) is 25.1. The minimum atomic E-state index is -4.48. The molecular weight excluding hydrogens is 739 g/mol. The summed E-state index contributed by atoms with van der Waals surface area (Å²) >= 11 is 11.9. The summed E-state index contributed by atoms with van der Waals surface area (Å²) in [6.45, 7) is 0. The van der Waals surface area contributed by atoms with E-state index in [0.717, 1.165) is 37.8 Å². The number of halogens is 6. The molecule has 53 heavy (non-hydrogen) atoms. The molecule has 0 aromatic heterocycles. The highest BCUT2D eigenvalue weighted by Gasteiger charge is 2.32. The SMILES string of the molecule is O=C(O)c1cc(C=Cc2ccc(C(F)(F)F)cc2Cl)ccc1NC(=O)C1CC1.O=C(O)c1cc(C=Cc2ccc(F)cc2Cl)ccc1NC(=O)C1CC1. The molecule has 4 aromatic carbocycles. The average Bonchev–Trinajstić information content (AvgIpc) is 4.01. The molecule has 4 N–H and O–H groups in total. The van der Waals surface area contributed by atoms with Gasteiger partial charge in [-0.05, 0) is 96.5 Å². The van der Waals surface area contributed by atoms with Gasteiger partial charge in [-0.1, -0.05) is 71.8 Å². The van der Waals surface area contributed by atoms with Gasteiger partial charge in [-0.15, -0.1) is 0 Å². The van der Waals surface area contributed by atoms with E-state index in [1.165, 1.54) is 54.6 Å². The molecule has 274 valence electrons. The second kappa shape index (κ2) is 16.5. The third kappa shape index (κ3) is 10.8. The molecule has 0 bridgehead atoms. The van der Waals surface area contributed by atoms with Crippen LogP contribution in [0.5, 0.6) is 0 Å². The summed E-state index contributed by atoms with van der Waals surface area (Å²) in [6.07, 6.45) is 5.17. The van der Waals surface area contributed by atoms with Crippen LogP contribution < -0.4 is 10.6 Å². The number of rotatable bonds is 10. The summed E-state index contributed by atoms with van der Waals surface area (Å²) in [4.78, 5) is 46.7. The van der Waals surface area contributed by atoms with Crippen LogP contribution in [0.1, 0.15) is 74.2 Å². The highest BCUT2D eigenvalue weighted by atomic mass is 35.5. The molecule has 0 saturated heterocycles. The second-order valence-corrected chi connectivity index (χ2v) is 13.1. The summed E-state index contributed by atoms with van der Waals surface area (Å²) in [6, 6.07) is 16.2. The van der Waals surface area contributed by atoms with E-state index < -0.39 is 29.5 Å². The van der Waals surface area contributed by atoms with Crippen molar-refractivity contribution in [2.45, 2.75) is 31.9 Å². The Morgan fingerprint density at radius 2 is 1.06 bits per heavy atom. The molecule has 0 unspecified atom stereocenters. The molecule has 0 aliphatic heterocycles. The van der Waals surface area contributed by atoms with Crippen molar-refractivity contribution >= 4 is 82.6 Å². The lowest BCUT2D eigenvalue weighted by molar-refractivity contribution is -0.137. The summed E-state index contributed by atoms with van der Waals surface area (Å²) < 4.78 is 51.1. The van der Waals surface area contributed by atoms with E-state index in [-0.39, 0.29) is 56.2 Å². The summed E-state index contributed by atoms with van der Waals surface area (Å²) in [5, 5.41) is 24.2. The molecule has 0 radical (unpaired) electrons. The van der Waals surface area contributed by atoms with Crippen LogP contribution in [0.15, 0.2) is 72.8 Å². The van der Waals surface area contributed by atoms with Gasteiger partial charge in [0.05, 0.1) is 33.1 Å². The van der Waals surface area contributed by atoms with Crippen LogP contribution >= 0.6 is 23.2 Å². The van der Waals surface area contributed by atoms with Crippen LogP contribution in [0.25, 0.3) is 24.3 Å². The van der Waals surface area contributed by atoms with Gasteiger partial charge in [0, 0.05) is 16.9 Å². The monoisotopic (exact) mass is 768 g/mol. The molecule has 6 rings (SSSR count). The number of carboxylic acids is 2. The maximum atomic E-state index is 13.1. The van der Waals surface area contributed by atoms with Crippen LogP contribution in [0.2, 0.25) is 10.0 Å². The number of carbonyl (C=O) groups excluding carboxylic acids is 2. The fourth-order valence-electron chi connectivity index (χ4n) is 4.91. The van der Waals surface area contributed by atoms with Gasteiger partial charge < -0.3 is 20.8 Å². The highest BCUT2D eigenvalue weighted by Crippen LogP contribution is 2.34. The van der Waals surface area contributed by atoms with Gasteiger partial charge in [0.2, 0.25) is 11.8 Å². The number of carboxylic acid groups (broad SMARTS) is 2. The van der Waals surface area contributed by atoms with Crippen molar-refractivity contribution in [2.75, 3.05) is 10.6 Å². The van der Waals surface area contributed by atoms with Crippen LogP contribution in [0, 0.1) is 17.7 Å². The normalized spacial score (nSPS) is 14.1. The topological polar surface area (TPSA) is 133 Å². The standard InChI is InChI=1S/C20H15ClF3NO3.C19H15ClFNO3/c21-16-10-14(20(22,23)24)7-6-12(16)3-1-11-2-8-17(15(9-11)19(27)28)25-18(26)13-4-5-13;20-16-10-14(21)7-6-12(16)3-1-11-2-8-17(15(9-11)19(24)25)22-18(23)13-4-5-13/h1-3,6-10,13H,4-5H2,(H,25,26)(H,27,28);1-3,6-10,13H,4-5H2,(H,22,23)(H,24,25). The van der Waals surface area contributed by atoms with Gasteiger partial charge >= 0.3 is 18.1 Å². The third-order valence-electron chi connectivity index (χ3n) is 8.16. The van der Waals surface area contributed by atoms with Gasteiger partial charge in [-0.25, -0.2) is 14.0 Å². The molecule has 2 aliphatic carbocycles. The van der Waals surface area contributed by atoms with Gasteiger partial charge in [-0.3, -0.25) is 9.59 Å². The Balaban J connectivity index is 0.000000206. The lowest BCUT2D eigenvalue weighted by Gasteiger charge is -2.09. The van der Waals surface area contributed by atoms with E-state index >= 15 is 0 Å². The van der Waals surface area contributed by atoms with Crippen molar-refractivity contribution in [1.82, 2.24) is 0 Å². The molecule has 0 spiro atoms. The fraction of sp³-hybridized carbons (Fsp3) is 0.179. The van der Waals surface area contributed by atoms with Gasteiger partial charge in [0.15, 0.2) is 0 Å². The number of anilines is 2. The first-order valence-electron chi connectivity index (χ1n) is 16.1. The maximum absolute atomic E-state index is 13.1. The average molecular weight is 770 g/mol. The molecule has 0 atom stereocenters. The van der Waals surface area contributed by atoms with Gasteiger partial charge in [0.25, 0.3) is 0 Å². The van der Waals surface area contributed by atoms with Crippen molar-refractivity contribution in [1.29, 1.82) is 0 Å². The Morgan fingerprint density at radius 3 is 1.43 bits per heavy atom. The number of alkyl halides is 3. The van der Waals surface area contributed by atoms with E-state index in [9.17, 15) is 47.0 Å². The van der Waals surface area contributed by atoms with Crippen LogP contribution in [0.4, 0.5) is 28.9 Å². The van der Waals surface area contributed by atoms with Gasteiger partial charge in [0.1, 0.15) is 5.82 Å². The van der Waals surface area contributed by atoms with Crippen LogP contribution in [-0.2, 0) is 15.8 Å². The minimum Gasteiger partial charge on any atom is -0.478 e. The van der Waals surface area contributed by atoms with E-state index in [1.807, 2.05) is 0 Å². The fourth-order valence-corrected chi connectivity index (χ4v) is 5.38. The van der Waals surface area contributed by atoms with Crippen molar-refractivity contribution in [2.24, 2.45) is 11.8 Å². The first kappa shape index (κ1) is 38.8. The molecular formula is C39H30Cl2F4N2O6. The van der Waals surface area contributed by atoms with Crippen molar-refractivity contribution in [3.05, 3.63) is 128 Å². The quantitative estimate of drug-likeness (QED) is 0.0938. The molecule has 0 heterocycles. The number of carbonyl (C=O) groups is 4. The zero-order chi connectivity index (χ0) is 38.4. The Bertz CT molecular complexity index is 2140. The van der Waals surface area contributed by atoms with E-state index in [2.05, 4.69) is 10.6 Å². The summed E-state index contributed by atoms with van der Waals surface area (Å²) in [5.41, 5.74) is 1.67. The zero-order valence-electron chi connectivity index (χ0n) is 27.5. The van der Waals surface area contributed by atoms with Crippen LogP contribution in [-0.4, -0.2) is 34.0 Å². The number of benzene rings is 4. The number of aromatic carboxylic acids is 2. The van der Waals surface area contributed by atoms with E-state index in [0.29, 0.717) is 22.3 Å². The molecule has 4 aromatic rings. The zero-order valence-corrected chi connectivity index (χ0v) is 29.0. The Labute approximate surface area is 310 Å². The lowest BCUT2D eigenvalue weighted by atomic mass is 10.1. The number of nitrogens with one attached hydrogen (secondary N) is 2. The predicted octanol–water partition coefficient (Wildman–Crippen LogP) is 10.3. The van der Waals surface area contributed by atoms with Crippen molar-refractivity contribution < 1.29 is 47.0 Å². The van der Waals surface area contributed by atoms with E-state index in [1.54, 1.807) is 30.4 Å². The smallest absolute Gasteiger partial charge is 0.416 e. The number of hydrogen-bond acceptors (Lipinski definition) is 4. The predicted molar refractivity (Wildman–Crippen MR) is 195 cm³/mol. The molecule has 2 fully saturated rings. The minimum absolute atomic E-state index is 0.0122. The number of hydrogen-bond donors (Lipinski definition) is 4. The first-order valence-corrected chi connectivity index (χ1v) is 16.9. The van der Waals surface area contributed by atoms with Crippen molar-refractivity contribution in [3.63, 3.8) is 0 Å². The van der Waals surface area contributed by atoms with Crippen LogP contribution in [0.3, 0.4) is 0 Å². The number of amides is 2. The maximum Gasteiger partial charge on any atom is 0.416 e. The largest absolute Gasteiger partial charge is 0.478 e. The lowest BCUT2D eigenvalue weighted by Crippen LogP contribution is -2.16. The molecule has 2 amide bonds. The van der Waals surface area contributed by atoms with Crippen molar-refractivity contribution in [3.8, 4) is 0 Å². The molecule has 8 nitrogen and oxygen atoms in total. The van der Waals surface area contributed by atoms with Gasteiger partial charge in [-0.2, -0.15) is 13.2 Å².